The summed E-state index contributed by atoms with van der Waals surface area (Å²) in [4.78, 5) is 0. The Labute approximate surface area is 105 Å². The molecule has 0 aliphatic rings. The molecule has 1 aromatic rings. The van der Waals surface area contributed by atoms with Gasteiger partial charge < -0.3 is 4.74 Å². The Morgan fingerprint density at radius 3 is 2.75 bits per heavy atom. The molecular formula is C13H18BrFO. The minimum atomic E-state index is -0.309. The lowest BCUT2D eigenvalue weighted by Crippen LogP contribution is -2.12. The number of hydrogen-bond donors (Lipinski definition) is 0. The molecule has 0 N–H and O–H groups in total. The smallest absolute Gasteiger partial charge is 0.166 e. The molecule has 0 heterocycles. The predicted molar refractivity (Wildman–Crippen MR) is 68.3 cm³/mol. The van der Waals surface area contributed by atoms with Crippen molar-refractivity contribution in [3.63, 3.8) is 0 Å². The Morgan fingerprint density at radius 2 is 2.12 bits per heavy atom. The van der Waals surface area contributed by atoms with Gasteiger partial charge >= 0.3 is 0 Å². The molecule has 0 amide bonds. The van der Waals surface area contributed by atoms with E-state index in [0.717, 1.165) is 17.3 Å². The maximum absolute atomic E-state index is 13.4. The molecule has 0 unspecified atom stereocenters. The Morgan fingerprint density at radius 1 is 1.38 bits per heavy atom. The highest BCUT2D eigenvalue weighted by Crippen LogP contribution is 2.23. The molecule has 3 heteroatoms. The van der Waals surface area contributed by atoms with Crippen LogP contribution >= 0.6 is 15.9 Å². The summed E-state index contributed by atoms with van der Waals surface area (Å²) in [5, 5.41) is 0. The lowest BCUT2D eigenvalue weighted by molar-refractivity contribution is 0.198. The number of rotatable bonds is 6. The lowest BCUT2D eigenvalue weighted by atomic mass is 10.1. The summed E-state index contributed by atoms with van der Waals surface area (Å²) < 4.78 is 19.7. The zero-order chi connectivity index (χ0) is 12.0. The Hall–Kier alpha value is -0.570. The van der Waals surface area contributed by atoms with Gasteiger partial charge in [0.05, 0.1) is 6.10 Å². The van der Waals surface area contributed by atoms with Crippen molar-refractivity contribution >= 4 is 15.9 Å². The van der Waals surface area contributed by atoms with E-state index in [-0.39, 0.29) is 11.9 Å². The van der Waals surface area contributed by atoms with E-state index in [1.54, 1.807) is 12.1 Å². The van der Waals surface area contributed by atoms with Crippen LogP contribution in [0.15, 0.2) is 22.7 Å². The maximum atomic E-state index is 13.4. The van der Waals surface area contributed by atoms with Gasteiger partial charge in [-0.05, 0) is 38.0 Å². The monoisotopic (exact) mass is 288 g/mol. The third kappa shape index (κ3) is 4.52. The third-order valence-electron chi connectivity index (χ3n) is 2.44. The molecule has 0 fully saturated rings. The average molecular weight is 289 g/mol. The van der Waals surface area contributed by atoms with Crippen LogP contribution in [0, 0.1) is 5.82 Å². The Kier molecular flexibility index (Phi) is 5.81. The third-order valence-corrected chi connectivity index (χ3v) is 2.93. The molecule has 1 aromatic carbocycles. The summed E-state index contributed by atoms with van der Waals surface area (Å²) in [6.45, 7) is 4.15. The minimum Gasteiger partial charge on any atom is -0.488 e. The molecule has 1 nitrogen and oxygen atoms in total. The Balaban J connectivity index is 2.46. The molecule has 0 aliphatic heterocycles. The van der Waals surface area contributed by atoms with Gasteiger partial charge in [0.25, 0.3) is 0 Å². The van der Waals surface area contributed by atoms with Crippen molar-refractivity contribution in [2.75, 3.05) is 0 Å². The second kappa shape index (κ2) is 6.89. The SMILES string of the molecule is CCCCC[C@@H](C)Oc1ccc(Br)cc1F. The summed E-state index contributed by atoms with van der Waals surface area (Å²) in [6, 6.07) is 4.88. The van der Waals surface area contributed by atoms with Gasteiger partial charge in [0, 0.05) is 4.47 Å². The first-order valence-corrected chi connectivity index (χ1v) is 6.54. The number of hydrogen-bond acceptors (Lipinski definition) is 1. The molecular weight excluding hydrogens is 271 g/mol. The number of unbranched alkanes of at least 4 members (excludes halogenated alkanes) is 2. The van der Waals surface area contributed by atoms with E-state index in [4.69, 9.17) is 4.74 Å². The van der Waals surface area contributed by atoms with Gasteiger partial charge in [0.2, 0.25) is 0 Å². The van der Waals surface area contributed by atoms with Crippen LogP contribution in [0.1, 0.15) is 39.5 Å². The van der Waals surface area contributed by atoms with Crippen LogP contribution in [0.2, 0.25) is 0 Å². The number of benzene rings is 1. The van der Waals surface area contributed by atoms with Crippen molar-refractivity contribution in [1.29, 1.82) is 0 Å². The van der Waals surface area contributed by atoms with Crippen molar-refractivity contribution in [3.05, 3.63) is 28.5 Å². The highest BCUT2D eigenvalue weighted by Gasteiger charge is 2.08. The zero-order valence-electron chi connectivity index (χ0n) is 9.80. The molecule has 0 aliphatic carbocycles. The van der Waals surface area contributed by atoms with E-state index < -0.39 is 0 Å². The molecule has 0 saturated heterocycles. The molecule has 0 bridgehead atoms. The van der Waals surface area contributed by atoms with Gasteiger partial charge in [-0.25, -0.2) is 4.39 Å². The van der Waals surface area contributed by atoms with Crippen molar-refractivity contribution < 1.29 is 9.13 Å². The predicted octanol–water partition coefficient (Wildman–Crippen LogP) is 4.94. The fourth-order valence-electron chi connectivity index (χ4n) is 1.53. The fourth-order valence-corrected chi connectivity index (χ4v) is 1.86. The molecule has 0 spiro atoms. The first-order chi connectivity index (χ1) is 7.63. The lowest BCUT2D eigenvalue weighted by Gasteiger charge is -2.15. The van der Waals surface area contributed by atoms with Gasteiger partial charge in [-0.2, -0.15) is 0 Å². The van der Waals surface area contributed by atoms with E-state index in [1.807, 2.05) is 6.92 Å². The molecule has 0 radical (unpaired) electrons. The van der Waals surface area contributed by atoms with Crippen molar-refractivity contribution in [3.8, 4) is 5.75 Å². The molecule has 1 rings (SSSR count). The normalized spacial score (nSPS) is 12.5. The van der Waals surface area contributed by atoms with E-state index in [1.165, 1.54) is 18.9 Å². The van der Waals surface area contributed by atoms with Gasteiger partial charge in [0.15, 0.2) is 11.6 Å². The quantitative estimate of drug-likeness (QED) is 0.674. The molecule has 16 heavy (non-hydrogen) atoms. The summed E-state index contributed by atoms with van der Waals surface area (Å²) >= 11 is 3.22. The largest absolute Gasteiger partial charge is 0.488 e. The van der Waals surface area contributed by atoms with Crippen LogP contribution < -0.4 is 4.74 Å². The van der Waals surface area contributed by atoms with Crippen LogP contribution in [-0.2, 0) is 0 Å². The average Bonchev–Trinajstić information content (AvgIpc) is 2.23. The standard InChI is InChI=1S/C13H18BrFO/c1-3-4-5-6-10(2)16-13-8-7-11(14)9-12(13)15/h7-10H,3-6H2,1-2H3/t10-/m1/s1. The first kappa shape index (κ1) is 13.5. The second-order valence-corrected chi connectivity index (χ2v) is 4.91. The van der Waals surface area contributed by atoms with Gasteiger partial charge in [-0.3, -0.25) is 0 Å². The van der Waals surface area contributed by atoms with E-state index >= 15 is 0 Å². The van der Waals surface area contributed by atoms with E-state index in [9.17, 15) is 4.39 Å². The van der Waals surface area contributed by atoms with Crippen LogP contribution in [-0.4, -0.2) is 6.10 Å². The van der Waals surface area contributed by atoms with Crippen LogP contribution in [0.5, 0.6) is 5.75 Å². The van der Waals surface area contributed by atoms with Gasteiger partial charge in [0.1, 0.15) is 0 Å². The minimum absolute atomic E-state index is 0.0715. The second-order valence-electron chi connectivity index (χ2n) is 4.00. The summed E-state index contributed by atoms with van der Waals surface area (Å²) in [7, 11) is 0. The summed E-state index contributed by atoms with van der Waals surface area (Å²) in [5.74, 6) is 0.0314. The van der Waals surface area contributed by atoms with E-state index in [0.29, 0.717) is 5.75 Å². The fraction of sp³-hybridized carbons (Fsp3) is 0.538. The Bertz CT molecular complexity index is 328. The first-order valence-electron chi connectivity index (χ1n) is 5.75. The van der Waals surface area contributed by atoms with Crippen LogP contribution in [0.4, 0.5) is 4.39 Å². The summed E-state index contributed by atoms with van der Waals surface area (Å²) in [6.07, 6.45) is 4.58. The van der Waals surface area contributed by atoms with Crippen molar-refractivity contribution in [1.82, 2.24) is 0 Å². The van der Waals surface area contributed by atoms with Crippen molar-refractivity contribution in [2.24, 2.45) is 0 Å². The number of halogens is 2. The van der Waals surface area contributed by atoms with Crippen LogP contribution in [0.3, 0.4) is 0 Å². The highest BCUT2D eigenvalue weighted by atomic mass is 79.9. The van der Waals surface area contributed by atoms with Gasteiger partial charge in [-0.1, -0.05) is 35.7 Å². The summed E-state index contributed by atoms with van der Waals surface area (Å²) in [5.41, 5.74) is 0. The zero-order valence-corrected chi connectivity index (χ0v) is 11.4. The number of ether oxygens (including phenoxy) is 1. The molecule has 90 valence electrons. The topological polar surface area (TPSA) is 9.23 Å². The maximum Gasteiger partial charge on any atom is 0.166 e. The molecule has 0 saturated carbocycles. The van der Waals surface area contributed by atoms with E-state index in [2.05, 4.69) is 22.9 Å². The molecule has 1 atom stereocenters. The highest BCUT2D eigenvalue weighted by molar-refractivity contribution is 9.10. The molecule has 0 aromatic heterocycles. The van der Waals surface area contributed by atoms with Gasteiger partial charge in [-0.15, -0.1) is 0 Å². The van der Waals surface area contributed by atoms with Crippen molar-refractivity contribution in [2.45, 2.75) is 45.6 Å². The van der Waals surface area contributed by atoms with Crippen LogP contribution in [0.25, 0.3) is 0 Å².